The number of carbonyl (C=O) groups excluding carboxylic acids is 1. The molecule has 0 bridgehead atoms. The van der Waals surface area contributed by atoms with E-state index in [1.165, 1.54) is 31.8 Å². The van der Waals surface area contributed by atoms with E-state index in [1.54, 1.807) is 6.08 Å². The summed E-state index contributed by atoms with van der Waals surface area (Å²) in [5.74, 6) is -0.0393. The highest BCUT2D eigenvalue weighted by Gasteiger charge is 2.14. The number of hydrogen-bond acceptors (Lipinski definition) is 2. The molecule has 1 amide bonds. The predicted molar refractivity (Wildman–Crippen MR) is 56.0 cm³/mol. The third kappa shape index (κ3) is 4.42. The first kappa shape index (κ1) is 11.2. The van der Waals surface area contributed by atoms with Gasteiger partial charge in [-0.25, -0.2) is 0 Å². The van der Waals surface area contributed by atoms with E-state index >= 15 is 0 Å². The number of carbonyl (C=O) groups is 1. The second-order valence-electron chi connectivity index (χ2n) is 3.57. The average Bonchev–Trinajstić information content (AvgIpc) is 2.65. The molecule has 0 aromatic heterocycles. The quantitative estimate of drug-likeness (QED) is 0.537. The van der Waals surface area contributed by atoms with Crippen LogP contribution in [0.25, 0.3) is 0 Å². The van der Waals surface area contributed by atoms with Gasteiger partial charge in [0.2, 0.25) is 5.91 Å². The van der Waals surface area contributed by atoms with E-state index in [4.69, 9.17) is 4.74 Å². The van der Waals surface area contributed by atoms with Crippen LogP contribution in [-0.4, -0.2) is 25.2 Å². The van der Waals surface area contributed by atoms with Crippen LogP contribution >= 0.6 is 0 Å². The minimum atomic E-state index is -0.0393. The first-order valence-corrected chi connectivity index (χ1v) is 5.35. The summed E-state index contributed by atoms with van der Waals surface area (Å²) >= 11 is 0. The highest BCUT2D eigenvalue weighted by Crippen LogP contribution is 2.20. The lowest BCUT2D eigenvalue weighted by Crippen LogP contribution is -2.26. The van der Waals surface area contributed by atoms with Crippen molar-refractivity contribution in [3.8, 4) is 0 Å². The van der Waals surface area contributed by atoms with Gasteiger partial charge in [-0.1, -0.05) is 18.9 Å². The maximum absolute atomic E-state index is 11.0. The first-order chi connectivity index (χ1) is 6.83. The van der Waals surface area contributed by atoms with E-state index < -0.39 is 0 Å². The largest absolute Gasteiger partial charge is 0.376 e. The predicted octanol–water partition coefficient (Wildman–Crippen LogP) is 1.64. The number of hydrogen-bond donors (Lipinski definition) is 1. The molecule has 14 heavy (non-hydrogen) atoms. The van der Waals surface area contributed by atoms with Gasteiger partial charge >= 0.3 is 0 Å². The van der Waals surface area contributed by atoms with Gasteiger partial charge in [-0.2, -0.15) is 0 Å². The van der Waals surface area contributed by atoms with Crippen LogP contribution in [0.15, 0.2) is 12.2 Å². The second-order valence-corrected chi connectivity index (χ2v) is 3.57. The van der Waals surface area contributed by atoms with E-state index in [2.05, 4.69) is 5.32 Å². The van der Waals surface area contributed by atoms with Gasteiger partial charge in [0.05, 0.1) is 12.7 Å². The molecular weight excluding hydrogens is 178 g/mol. The van der Waals surface area contributed by atoms with Crippen LogP contribution in [0, 0.1) is 0 Å². The molecule has 1 N–H and O–H groups in total. The van der Waals surface area contributed by atoms with Crippen molar-refractivity contribution in [3.63, 3.8) is 0 Å². The van der Waals surface area contributed by atoms with E-state index in [1.807, 2.05) is 6.92 Å². The van der Waals surface area contributed by atoms with Crippen LogP contribution in [0.3, 0.4) is 0 Å². The Balaban J connectivity index is 1.95. The molecule has 1 saturated carbocycles. The Morgan fingerprint density at radius 3 is 2.86 bits per heavy atom. The lowest BCUT2D eigenvalue weighted by Gasteiger charge is -2.10. The summed E-state index contributed by atoms with van der Waals surface area (Å²) < 4.78 is 5.59. The molecule has 0 unspecified atom stereocenters. The molecule has 80 valence electrons. The zero-order valence-electron chi connectivity index (χ0n) is 8.79. The summed E-state index contributed by atoms with van der Waals surface area (Å²) in [6, 6.07) is 0. The Morgan fingerprint density at radius 1 is 1.50 bits per heavy atom. The zero-order valence-corrected chi connectivity index (χ0v) is 8.79. The Bertz CT molecular complexity index is 195. The second kappa shape index (κ2) is 6.60. The van der Waals surface area contributed by atoms with Crippen molar-refractivity contribution >= 4 is 5.91 Å². The topological polar surface area (TPSA) is 38.3 Å². The molecule has 0 aromatic carbocycles. The third-order valence-corrected chi connectivity index (χ3v) is 2.38. The molecule has 0 heterocycles. The van der Waals surface area contributed by atoms with Crippen molar-refractivity contribution in [2.24, 2.45) is 0 Å². The lowest BCUT2D eigenvalue weighted by atomic mass is 10.3. The smallest absolute Gasteiger partial charge is 0.243 e. The maximum Gasteiger partial charge on any atom is 0.243 e. The normalized spacial score (nSPS) is 17.8. The van der Waals surface area contributed by atoms with Crippen molar-refractivity contribution < 1.29 is 9.53 Å². The molecule has 0 atom stereocenters. The fourth-order valence-corrected chi connectivity index (χ4v) is 1.67. The molecule has 1 rings (SSSR count). The minimum Gasteiger partial charge on any atom is -0.376 e. The van der Waals surface area contributed by atoms with Crippen LogP contribution < -0.4 is 5.32 Å². The van der Waals surface area contributed by atoms with E-state index in [0.29, 0.717) is 19.3 Å². The Labute approximate surface area is 85.5 Å². The summed E-state index contributed by atoms with van der Waals surface area (Å²) in [5, 5.41) is 2.76. The van der Waals surface area contributed by atoms with Crippen LogP contribution in [0.5, 0.6) is 0 Å². The highest BCUT2D eigenvalue weighted by molar-refractivity contribution is 5.87. The molecule has 0 radical (unpaired) electrons. The number of rotatable bonds is 5. The SMILES string of the molecule is CC=CC(=O)NCCOC1CCCC1. The first-order valence-electron chi connectivity index (χ1n) is 5.35. The average molecular weight is 197 g/mol. The molecule has 0 aromatic rings. The fourth-order valence-electron chi connectivity index (χ4n) is 1.67. The summed E-state index contributed by atoms with van der Waals surface area (Å²) in [6.07, 6.45) is 8.63. The van der Waals surface area contributed by atoms with Gasteiger partial charge < -0.3 is 10.1 Å². The van der Waals surface area contributed by atoms with Gasteiger partial charge in [-0.05, 0) is 25.8 Å². The molecule has 1 aliphatic rings. The van der Waals surface area contributed by atoms with E-state index in [-0.39, 0.29) is 5.91 Å². The maximum atomic E-state index is 11.0. The molecule has 0 spiro atoms. The van der Waals surface area contributed by atoms with Crippen molar-refractivity contribution in [1.29, 1.82) is 0 Å². The number of nitrogens with one attached hydrogen (secondary N) is 1. The summed E-state index contributed by atoms with van der Waals surface area (Å²) in [7, 11) is 0. The third-order valence-electron chi connectivity index (χ3n) is 2.38. The Kier molecular flexibility index (Phi) is 5.30. The van der Waals surface area contributed by atoms with Crippen LogP contribution in [0.1, 0.15) is 32.6 Å². The Morgan fingerprint density at radius 2 is 2.21 bits per heavy atom. The molecule has 0 saturated heterocycles. The standard InChI is InChI=1S/C11H19NO2/c1-2-5-11(13)12-8-9-14-10-6-3-4-7-10/h2,5,10H,3-4,6-9H2,1H3,(H,12,13). The van der Waals surface area contributed by atoms with Gasteiger partial charge in [0.25, 0.3) is 0 Å². The molecule has 1 fully saturated rings. The van der Waals surface area contributed by atoms with Crippen molar-refractivity contribution in [3.05, 3.63) is 12.2 Å². The van der Waals surface area contributed by atoms with Crippen molar-refractivity contribution in [2.45, 2.75) is 38.7 Å². The monoisotopic (exact) mass is 197 g/mol. The zero-order chi connectivity index (χ0) is 10.2. The van der Waals surface area contributed by atoms with Gasteiger partial charge in [0, 0.05) is 6.54 Å². The molecule has 1 aliphatic carbocycles. The highest BCUT2D eigenvalue weighted by atomic mass is 16.5. The van der Waals surface area contributed by atoms with Gasteiger partial charge in [0.1, 0.15) is 0 Å². The fraction of sp³-hybridized carbons (Fsp3) is 0.727. The summed E-state index contributed by atoms with van der Waals surface area (Å²) in [4.78, 5) is 11.0. The molecular formula is C11H19NO2. The number of ether oxygens (including phenoxy) is 1. The van der Waals surface area contributed by atoms with E-state index in [0.717, 1.165) is 0 Å². The Hall–Kier alpha value is -0.830. The van der Waals surface area contributed by atoms with Crippen LogP contribution in [-0.2, 0) is 9.53 Å². The van der Waals surface area contributed by atoms with Crippen LogP contribution in [0.4, 0.5) is 0 Å². The number of amides is 1. The van der Waals surface area contributed by atoms with Gasteiger partial charge in [-0.3, -0.25) is 4.79 Å². The van der Waals surface area contributed by atoms with Gasteiger partial charge in [-0.15, -0.1) is 0 Å². The summed E-state index contributed by atoms with van der Waals surface area (Å²) in [5.41, 5.74) is 0. The molecule has 3 heteroatoms. The number of allylic oxidation sites excluding steroid dienone is 1. The van der Waals surface area contributed by atoms with Crippen LogP contribution in [0.2, 0.25) is 0 Å². The molecule has 3 nitrogen and oxygen atoms in total. The summed E-state index contributed by atoms with van der Waals surface area (Å²) in [6.45, 7) is 3.07. The van der Waals surface area contributed by atoms with Gasteiger partial charge in [0.15, 0.2) is 0 Å². The lowest BCUT2D eigenvalue weighted by molar-refractivity contribution is -0.116. The molecule has 0 aliphatic heterocycles. The van der Waals surface area contributed by atoms with Crippen molar-refractivity contribution in [2.75, 3.05) is 13.2 Å². The van der Waals surface area contributed by atoms with E-state index in [9.17, 15) is 4.79 Å². The van der Waals surface area contributed by atoms with Crippen molar-refractivity contribution in [1.82, 2.24) is 5.32 Å². The minimum absolute atomic E-state index is 0.0393.